The summed E-state index contributed by atoms with van der Waals surface area (Å²) in [5, 5.41) is 0. The summed E-state index contributed by atoms with van der Waals surface area (Å²) < 4.78 is 5.26. The first-order valence-electron chi connectivity index (χ1n) is 16.5. The largest absolute Gasteiger partial charge is 0.375 e. The third-order valence-corrected chi connectivity index (χ3v) is 9.66. The normalized spacial score (nSPS) is 20.4. The van der Waals surface area contributed by atoms with Gasteiger partial charge in [0, 0.05) is 57.3 Å². The number of nitrogens with zero attached hydrogens (tertiary/aromatic N) is 4. The van der Waals surface area contributed by atoms with Crippen molar-refractivity contribution >= 4 is 17.5 Å². The van der Waals surface area contributed by atoms with Gasteiger partial charge < -0.3 is 19.4 Å². The molecule has 0 N–H and O–H groups in total. The molecule has 0 unspecified atom stereocenters. The molecule has 228 valence electrons. The number of methoxy groups -OCH3 is 1. The number of ether oxygens (including phenoxy) is 1. The van der Waals surface area contributed by atoms with Crippen LogP contribution in [0.15, 0.2) is 42.7 Å². The van der Waals surface area contributed by atoms with Gasteiger partial charge in [-0.3, -0.25) is 14.6 Å². The van der Waals surface area contributed by atoms with E-state index >= 15 is 0 Å². The maximum absolute atomic E-state index is 14.0. The minimum Gasteiger partial charge on any atom is -0.375 e. The smallest absolute Gasteiger partial charge is 0.252 e. The maximum Gasteiger partial charge on any atom is 0.252 e. The predicted molar refractivity (Wildman–Crippen MR) is 168 cm³/mol. The van der Waals surface area contributed by atoms with Crippen molar-refractivity contribution in [2.75, 3.05) is 44.8 Å². The van der Waals surface area contributed by atoms with Crippen molar-refractivity contribution in [3.8, 4) is 11.1 Å². The highest BCUT2D eigenvalue weighted by atomic mass is 16.5. The van der Waals surface area contributed by atoms with Gasteiger partial charge in [0.05, 0.1) is 0 Å². The Bertz CT molecular complexity index is 1140. The van der Waals surface area contributed by atoms with E-state index in [1.54, 1.807) is 13.3 Å². The second-order valence-corrected chi connectivity index (χ2v) is 12.6. The zero-order valence-corrected chi connectivity index (χ0v) is 25.6. The van der Waals surface area contributed by atoms with Crippen LogP contribution >= 0.6 is 0 Å². The fourth-order valence-corrected chi connectivity index (χ4v) is 7.21. The van der Waals surface area contributed by atoms with E-state index in [4.69, 9.17) is 4.74 Å². The molecule has 0 bridgehead atoms. The average Bonchev–Trinajstić information content (AvgIpc) is 3.02. The van der Waals surface area contributed by atoms with Crippen molar-refractivity contribution in [1.29, 1.82) is 0 Å². The number of carbonyl (C=O) groups is 2. The van der Waals surface area contributed by atoms with Crippen LogP contribution in [0.25, 0.3) is 11.1 Å². The Labute approximate surface area is 252 Å². The lowest BCUT2D eigenvalue weighted by Gasteiger charge is -2.39. The highest BCUT2D eigenvalue weighted by Gasteiger charge is 2.29. The molecular formula is C35H50N4O3. The topological polar surface area (TPSA) is 66.0 Å². The molecule has 0 radical (unpaired) electrons. The lowest BCUT2D eigenvalue weighted by Crippen LogP contribution is -2.43. The number of piperidine rings is 1. The van der Waals surface area contributed by atoms with Gasteiger partial charge in [0.1, 0.15) is 6.61 Å². The van der Waals surface area contributed by atoms with Crippen LogP contribution in [0.5, 0.6) is 0 Å². The molecule has 5 rings (SSSR count). The highest BCUT2D eigenvalue weighted by Crippen LogP contribution is 2.32. The van der Waals surface area contributed by atoms with E-state index in [1.165, 1.54) is 32.1 Å². The monoisotopic (exact) mass is 574 g/mol. The third-order valence-electron chi connectivity index (χ3n) is 9.66. The van der Waals surface area contributed by atoms with E-state index in [9.17, 15) is 9.59 Å². The number of anilines is 1. The molecule has 0 atom stereocenters. The van der Waals surface area contributed by atoms with E-state index in [1.807, 2.05) is 17.2 Å². The zero-order chi connectivity index (χ0) is 29.1. The molecule has 3 heterocycles. The van der Waals surface area contributed by atoms with Crippen LogP contribution in [-0.4, -0.2) is 72.5 Å². The molecule has 2 fully saturated rings. The van der Waals surface area contributed by atoms with Gasteiger partial charge >= 0.3 is 0 Å². The van der Waals surface area contributed by atoms with Gasteiger partial charge in [0.15, 0.2) is 0 Å². The molecule has 2 aromatic rings. The fourth-order valence-electron chi connectivity index (χ4n) is 7.21. The summed E-state index contributed by atoms with van der Waals surface area (Å²) in [4.78, 5) is 38.2. The first-order chi connectivity index (χ1) is 20.6. The Kier molecular flexibility index (Phi) is 11.4. The van der Waals surface area contributed by atoms with Gasteiger partial charge in [-0.1, -0.05) is 50.7 Å². The van der Waals surface area contributed by atoms with E-state index in [0.717, 1.165) is 93.0 Å². The molecule has 7 heteroatoms. The van der Waals surface area contributed by atoms with Crippen molar-refractivity contribution in [3.63, 3.8) is 0 Å². The quantitative estimate of drug-likeness (QED) is 0.396. The Balaban J connectivity index is 1.35. The van der Waals surface area contributed by atoms with Crippen molar-refractivity contribution in [1.82, 2.24) is 14.8 Å². The number of rotatable bonds is 6. The van der Waals surface area contributed by atoms with Gasteiger partial charge in [-0.2, -0.15) is 0 Å². The second kappa shape index (κ2) is 15.6. The molecule has 1 saturated heterocycles. The number of hydrogen-bond donors (Lipinski definition) is 0. The van der Waals surface area contributed by atoms with Crippen LogP contribution in [0.1, 0.15) is 89.0 Å². The number of carbonyl (C=O) groups excluding carboxylic acids is 2. The van der Waals surface area contributed by atoms with E-state index < -0.39 is 0 Å². The third kappa shape index (κ3) is 8.19. The standard InChI is InChI=1S/C35H50N4O3/c1-42-27-35(41)39-20-9-4-2-3-8-19-38(26-31-24-29(14-15-33(31)39)30-11-10-18-36-25-30)34(40)23-28-16-21-37(22-17-28)32-12-6-5-7-13-32/h10-11,14-15,18,24-25,28,32H,2-9,12-13,16-17,19-23,26-27H2,1H3. The minimum atomic E-state index is -0.0347. The van der Waals surface area contributed by atoms with Crippen LogP contribution in [0.3, 0.4) is 0 Å². The fraction of sp³-hybridized carbons (Fsp3) is 0.629. The van der Waals surface area contributed by atoms with Gasteiger partial charge in [-0.25, -0.2) is 0 Å². The van der Waals surface area contributed by atoms with Crippen LogP contribution in [0, 0.1) is 5.92 Å². The number of benzene rings is 1. The highest BCUT2D eigenvalue weighted by molar-refractivity contribution is 5.95. The summed E-state index contributed by atoms with van der Waals surface area (Å²) in [5.41, 5.74) is 3.99. The van der Waals surface area contributed by atoms with E-state index in [-0.39, 0.29) is 18.4 Å². The SMILES string of the molecule is COCC(=O)N1CCCCCCCN(C(=O)CC2CCN(C3CCCCC3)CC2)Cc2cc(-c3cccnc3)ccc21. The van der Waals surface area contributed by atoms with E-state index in [0.29, 0.717) is 25.4 Å². The Hall–Kier alpha value is -2.77. The predicted octanol–water partition coefficient (Wildman–Crippen LogP) is 6.46. The summed E-state index contributed by atoms with van der Waals surface area (Å²) >= 11 is 0. The number of amides is 2. The average molecular weight is 575 g/mol. The summed E-state index contributed by atoms with van der Waals surface area (Å²) in [6, 6.07) is 11.1. The lowest BCUT2D eigenvalue weighted by atomic mass is 9.88. The van der Waals surface area contributed by atoms with Crippen molar-refractivity contribution in [2.45, 2.75) is 96.1 Å². The first-order valence-corrected chi connectivity index (χ1v) is 16.5. The second-order valence-electron chi connectivity index (χ2n) is 12.6. The summed E-state index contributed by atoms with van der Waals surface area (Å²) in [6.45, 7) is 4.26. The molecule has 2 amide bonds. The number of pyridine rings is 1. The van der Waals surface area contributed by atoms with Gasteiger partial charge in [0.2, 0.25) is 5.91 Å². The van der Waals surface area contributed by atoms with Crippen molar-refractivity contribution in [3.05, 3.63) is 48.3 Å². The molecule has 2 aliphatic heterocycles. The summed E-state index contributed by atoms with van der Waals surface area (Å²) in [7, 11) is 1.57. The summed E-state index contributed by atoms with van der Waals surface area (Å²) in [5.74, 6) is 0.683. The minimum absolute atomic E-state index is 0.0347. The van der Waals surface area contributed by atoms with Crippen LogP contribution in [0.2, 0.25) is 0 Å². The number of likely N-dealkylation sites (tertiary alicyclic amines) is 1. The summed E-state index contributed by atoms with van der Waals surface area (Å²) in [6.07, 6.45) is 18.6. The Morgan fingerprint density at radius 2 is 1.57 bits per heavy atom. The van der Waals surface area contributed by atoms with Crippen LogP contribution in [0.4, 0.5) is 5.69 Å². The van der Waals surface area contributed by atoms with Crippen molar-refractivity contribution < 1.29 is 14.3 Å². The van der Waals surface area contributed by atoms with Crippen LogP contribution in [-0.2, 0) is 20.9 Å². The molecule has 42 heavy (non-hydrogen) atoms. The first kappa shape index (κ1) is 30.7. The number of aromatic nitrogens is 1. The molecule has 0 spiro atoms. The molecular weight excluding hydrogens is 524 g/mol. The Morgan fingerprint density at radius 3 is 2.31 bits per heavy atom. The number of fused-ring (bicyclic) bond motifs is 1. The lowest BCUT2D eigenvalue weighted by molar-refractivity contribution is -0.133. The molecule has 1 aliphatic carbocycles. The molecule has 3 aliphatic rings. The molecule has 1 saturated carbocycles. The molecule has 1 aromatic heterocycles. The molecule has 1 aromatic carbocycles. The van der Waals surface area contributed by atoms with Crippen LogP contribution < -0.4 is 4.90 Å². The zero-order valence-electron chi connectivity index (χ0n) is 25.6. The van der Waals surface area contributed by atoms with Gasteiger partial charge in [-0.15, -0.1) is 0 Å². The van der Waals surface area contributed by atoms with Crippen molar-refractivity contribution in [2.24, 2.45) is 5.92 Å². The molecule has 7 nitrogen and oxygen atoms in total. The maximum atomic E-state index is 14.0. The Morgan fingerprint density at radius 1 is 0.833 bits per heavy atom. The van der Waals surface area contributed by atoms with Gasteiger partial charge in [-0.05, 0) is 92.4 Å². The van der Waals surface area contributed by atoms with E-state index in [2.05, 4.69) is 39.0 Å². The number of hydrogen-bond acceptors (Lipinski definition) is 5. The van der Waals surface area contributed by atoms with Gasteiger partial charge in [0.25, 0.3) is 5.91 Å².